The van der Waals surface area contributed by atoms with Gasteiger partial charge in [0, 0.05) is 90.0 Å². The molecule has 0 fully saturated rings. The van der Waals surface area contributed by atoms with Gasteiger partial charge in [-0.05, 0) is 99.7 Å². The first-order chi connectivity index (χ1) is 29.9. The van der Waals surface area contributed by atoms with E-state index in [2.05, 4.69) is 191 Å². The van der Waals surface area contributed by atoms with Crippen molar-refractivity contribution in [3.05, 3.63) is 151 Å². The van der Waals surface area contributed by atoms with E-state index in [1.807, 2.05) is 22.7 Å². The van der Waals surface area contributed by atoms with Gasteiger partial charge in [-0.2, -0.15) is 0 Å². The van der Waals surface area contributed by atoms with Gasteiger partial charge < -0.3 is 14.3 Å². The molecule has 298 valence electrons. The molecule has 0 saturated heterocycles. The second kappa shape index (κ2) is 12.6. The molecule has 5 heterocycles. The Morgan fingerprint density at radius 1 is 0.500 bits per heavy atom. The minimum absolute atomic E-state index is 0.0739. The van der Waals surface area contributed by atoms with Crippen molar-refractivity contribution >= 4 is 136 Å². The Balaban J connectivity index is 1.10. The Morgan fingerprint density at radius 2 is 1.18 bits per heavy atom. The fourth-order valence-corrected chi connectivity index (χ4v) is 12.5. The Morgan fingerprint density at radius 3 is 2.00 bits per heavy atom. The predicted octanol–water partition coefficient (Wildman–Crippen LogP) is 15.1. The third-order valence-corrected chi connectivity index (χ3v) is 15.8. The van der Waals surface area contributed by atoms with E-state index in [0.29, 0.717) is 0 Å². The van der Waals surface area contributed by atoms with E-state index in [1.54, 1.807) is 0 Å². The monoisotopic (exact) mass is 834 g/mol. The van der Waals surface area contributed by atoms with E-state index in [1.165, 1.54) is 101 Å². The highest BCUT2D eigenvalue weighted by molar-refractivity contribution is 7.26. The molecule has 6 heteroatoms. The van der Waals surface area contributed by atoms with Crippen LogP contribution in [0.3, 0.4) is 0 Å². The van der Waals surface area contributed by atoms with Crippen LogP contribution in [-0.2, 0) is 10.8 Å². The summed E-state index contributed by atoms with van der Waals surface area (Å²) in [6.45, 7) is 13.7. The first-order valence-corrected chi connectivity index (χ1v) is 23.3. The van der Waals surface area contributed by atoms with E-state index in [-0.39, 0.29) is 10.8 Å². The lowest BCUT2D eigenvalue weighted by Crippen LogP contribution is -2.37. The molecule has 1 aliphatic heterocycles. The number of rotatable bonds is 3. The largest absolute Gasteiger partial charge is 0.456 e. The second-order valence-corrected chi connectivity index (χ2v) is 21.6. The van der Waals surface area contributed by atoms with Crippen LogP contribution in [0.25, 0.3) is 101 Å². The van der Waals surface area contributed by atoms with Crippen molar-refractivity contribution in [2.24, 2.45) is 0 Å². The minimum atomic E-state index is 0.0739. The van der Waals surface area contributed by atoms with Crippen LogP contribution >= 0.6 is 22.7 Å². The molecule has 12 aromatic rings. The van der Waals surface area contributed by atoms with Crippen molar-refractivity contribution in [3.8, 4) is 16.8 Å². The third-order valence-electron chi connectivity index (χ3n) is 13.5. The molecule has 62 heavy (non-hydrogen) atoms. The zero-order chi connectivity index (χ0) is 41.8. The smallest absolute Gasteiger partial charge is 0.198 e. The molecule has 0 atom stereocenters. The number of anilines is 2. The molecule has 13 rings (SSSR count). The number of hydrogen-bond donors (Lipinski definition) is 1. The molecule has 0 unspecified atom stereocenters. The fraction of sp³-hybridized carbons (Fsp3) is 0.143. The van der Waals surface area contributed by atoms with E-state index in [9.17, 15) is 0 Å². The summed E-state index contributed by atoms with van der Waals surface area (Å²) in [6, 6.07) is 52.7. The van der Waals surface area contributed by atoms with E-state index in [4.69, 9.17) is 4.42 Å². The van der Waals surface area contributed by atoms with Gasteiger partial charge in [0.25, 0.3) is 0 Å². The van der Waals surface area contributed by atoms with Gasteiger partial charge in [0.1, 0.15) is 11.2 Å². The molecule has 1 aliphatic rings. The highest BCUT2D eigenvalue weighted by atomic mass is 32.1. The summed E-state index contributed by atoms with van der Waals surface area (Å²) < 4.78 is 14.4. The third kappa shape index (κ3) is 5.29. The molecule has 0 aliphatic carbocycles. The number of aromatic nitrogens is 1. The summed E-state index contributed by atoms with van der Waals surface area (Å²) in [5.41, 5.74) is 15.8. The van der Waals surface area contributed by atoms with Gasteiger partial charge in [-0.15, -0.1) is 22.7 Å². The molecule has 0 bridgehead atoms. The second-order valence-electron chi connectivity index (χ2n) is 19.4. The van der Waals surface area contributed by atoms with Crippen LogP contribution in [0.4, 0.5) is 11.4 Å². The molecule has 8 aromatic carbocycles. The number of furan rings is 1. The first kappa shape index (κ1) is 36.3. The van der Waals surface area contributed by atoms with Crippen LogP contribution in [0.5, 0.6) is 0 Å². The predicted molar refractivity (Wildman–Crippen MR) is 273 cm³/mol. The van der Waals surface area contributed by atoms with Crippen LogP contribution in [0.2, 0.25) is 0 Å². The van der Waals surface area contributed by atoms with Gasteiger partial charge in [0.2, 0.25) is 0 Å². The maximum absolute atomic E-state index is 6.56. The molecule has 3 nitrogen and oxygen atoms in total. The van der Waals surface area contributed by atoms with Crippen LogP contribution in [0, 0.1) is 0 Å². The molecular formula is C56H43BN2OS2. The molecule has 0 spiro atoms. The van der Waals surface area contributed by atoms with E-state index in [0.717, 1.165) is 40.6 Å². The number of benzene rings is 8. The molecule has 0 radical (unpaired) electrons. The SMILES string of the molecule is CC(C)(C)c1ccc(Nc2cc3c(cc2-c2ccc4c5cc6c(cc5n5c4c2Bc2cc4oc7ccccc7c4cc2-5)sc2ccccc26)sc2cc(C(C)(C)C)ccc23)cc1. The molecule has 4 aromatic heterocycles. The Hall–Kier alpha value is -6.34. The van der Waals surface area contributed by atoms with E-state index < -0.39 is 0 Å². The number of fused-ring (bicyclic) bond motifs is 14. The number of para-hydroxylation sites is 1. The maximum atomic E-state index is 6.56. The average Bonchev–Trinajstić information content (AvgIpc) is 4.00. The highest BCUT2D eigenvalue weighted by Gasteiger charge is 2.29. The van der Waals surface area contributed by atoms with Gasteiger partial charge in [-0.1, -0.05) is 120 Å². The lowest BCUT2D eigenvalue weighted by molar-refractivity contribution is 0.590. The summed E-state index contributed by atoms with van der Waals surface area (Å²) in [5, 5.41) is 14.1. The normalized spacial score (nSPS) is 13.1. The Labute approximate surface area is 368 Å². The molecule has 1 N–H and O–H groups in total. The van der Waals surface area contributed by atoms with Crippen molar-refractivity contribution in [1.82, 2.24) is 4.57 Å². The minimum Gasteiger partial charge on any atom is -0.456 e. The van der Waals surface area contributed by atoms with Crippen molar-refractivity contribution in [2.75, 3.05) is 5.32 Å². The van der Waals surface area contributed by atoms with Crippen molar-refractivity contribution in [2.45, 2.75) is 52.4 Å². The zero-order valence-electron chi connectivity index (χ0n) is 35.7. The number of thiophene rings is 2. The quantitative estimate of drug-likeness (QED) is 0.180. The van der Waals surface area contributed by atoms with Crippen molar-refractivity contribution in [3.63, 3.8) is 0 Å². The Bertz CT molecular complexity index is 3880. The summed E-state index contributed by atoms with van der Waals surface area (Å²) in [6.07, 6.45) is 0. The summed E-state index contributed by atoms with van der Waals surface area (Å²) in [4.78, 5) is 0. The summed E-state index contributed by atoms with van der Waals surface area (Å²) >= 11 is 3.80. The van der Waals surface area contributed by atoms with Gasteiger partial charge >= 0.3 is 0 Å². The van der Waals surface area contributed by atoms with Gasteiger partial charge in [-0.25, -0.2) is 0 Å². The van der Waals surface area contributed by atoms with Crippen LogP contribution in [0.15, 0.2) is 144 Å². The molecule has 0 saturated carbocycles. The van der Waals surface area contributed by atoms with Gasteiger partial charge in [0.05, 0.1) is 5.52 Å². The standard InChI is InChI=1S/C56H43BN2OS2/c1-55(2,3)30-15-18-32(19-16-30)58-44-25-42-35-20-17-31(56(4,5)6)23-50(35)62-51(42)27-38(44)36-21-22-37-39-24-41-34-12-8-10-14-49(34)61-52(41)29-45(39)59-46-26-40-33-11-7-9-13-47(33)60-48(40)28-43(46)57-53(36)54(37)59/h7-29,57-58H,1-6H3. The highest BCUT2D eigenvalue weighted by Crippen LogP contribution is 2.46. The lowest BCUT2D eigenvalue weighted by atomic mass is 9.59. The molecular weight excluding hydrogens is 792 g/mol. The summed E-state index contributed by atoms with van der Waals surface area (Å²) in [7, 11) is 0.793. The topological polar surface area (TPSA) is 30.1 Å². The van der Waals surface area contributed by atoms with Gasteiger partial charge in [0.15, 0.2) is 7.28 Å². The number of hydrogen-bond acceptors (Lipinski definition) is 4. The first-order valence-electron chi connectivity index (χ1n) is 21.7. The van der Waals surface area contributed by atoms with Crippen molar-refractivity contribution in [1.29, 1.82) is 0 Å². The van der Waals surface area contributed by atoms with Crippen LogP contribution < -0.4 is 16.2 Å². The zero-order valence-corrected chi connectivity index (χ0v) is 37.3. The maximum Gasteiger partial charge on any atom is 0.198 e. The van der Waals surface area contributed by atoms with Gasteiger partial charge in [-0.3, -0.25) is 0 Å². The van der Waals surface area contributed by atoms with Crippen LogP contribution in [-0.4, -0.2) is 11.8 Å². The Kier molecular flexibility index (Phi) is 7.40. The van der Waals surface area contributed by atoms with E-state index >= 15 is 0 Å². The van der Waals surface area contributed by atoms with Crippen molar-refractivity contribution < 1.29 is 4.42 Å². The average molecular weight is 835 g/mol. The van der Waals surface area contributed by atoms with Crippen LogP contribution in [0.1, 0.15) is 52.7 Å². The fourth-order valence-electron chi connectivity index (χ4n) is 10.2. The lowest BCUT2D eigenvalue weighted by Gasteiger charge is -2.24. The number of nitrogens with zero attached hydrogens (tertiary/aromatic N) is 1. The molecule has 0 amide bonds. The number of nitrogens with one attached hydrogen (secondary N) is 1. The summed E-state index contributed by atoms with van der Waals surface area (Å²) in [5.74, 6) is 0.